The fraction of sp³-hybridized carbons (Fsp3) is 0.529. The van der Waals surface area contributed by atoms with Gasteiger partial charge in [-0.3, -0.25) is 9.48 Å². The van der Waals surface area contributed by atoms with Gasteiger partial charge in [-0.2, -0.15) is 5.10 Å². The summed E-state index contributed by atoms with van der Waals surface area (Å²) in [6.07, 6.45) is 4.39. The molecule has 1 amide bonds. The van der Waals surface area contributed by atoms with Gasteiger partial charge in [-0.05, 0) is 20.3 Å². The molecule has 3 N–H and O–H groups in total. The number of aromatic nitrogens is 3. The third-order valence-electron chi connectivity index (χ3n) is 4.96. The molecule has 4 rings (SSSR count). The van der Waals surface area contributed by atoms with E-state index in [1.807, 2.05) is 12.3 Å². The van der Waals surface area contributed by atoms with E-state index >= 15 is 0 Å². The zero-order valence-corrected chi connectivity index (χ0v) is 16.8. The number of carbonyl (C=O) groups excluding carboxylic acids is 1. The number of fused-ring (bicyclic) bond motifs is 1. The second-order valence-electron chi connectivity index (χ2n) is 6.82. The van der Waals surface area contributed by atoms with Gasteiger partial charge in [0.2, 0.25) is 0 Å². The number of amidine groups is 1. The van der Waals surface area contributed by atoms with Gasteiger partial charge in [0, 0.05) is 29.8 Å². The van der Waals surface area contributed by atoms with Crippen molar-refractivity contribution < 1.29 is 9.53 Å². The third-order valence-corrected chi connectivity index (χ3v) is 6.92. The zero-order chi connectivity index (χ0) is 19.0. The summed E-state index contributed by atoms with van der Waals surface area (Å²) in [7, 11) is 0. The molecule has 10 heteroatoms. The van der Waals surface area contributed by atoms with Crippen molar-refractivity contribution in [2.45, 2.75) is 38.5 Å². The summed E-state index contributed by atoms with van der Waals surface area (Å²) in [6.45, 7) is 5.23. The van der Waals surface area contributed by atoms with Crippen molar-refractivity contribution in [1.82, 2.24) is 14.8 Å². The minimum atomic E-state index is -0.553. The molecule has 144 valence electrons. The molecular weight excluding hydrogens is 384 g/mol. The molecule has 8 nitrogen and oxygen atoms in total. The second kappa shape index (κ2) is 7.25. The number of nitrogens with two attached hydrogens (primary N) is 1. The van der Waals surface area contributed by atoms with Crippen LogP contribution in [-0.2, 0) is 16.8 Å². The molecule has 2 aliphatic rings. The summed E-state index contributed by atoms with van der Waals surface area (Å²) >= 11 is 3.07. The van der Waals surface area contributed by atoms with Crippen LogP contribution in [0, 0.1) is 5.92 Å². The lowest BCUT2D eigenvalue weighted by atomic mass is 9.80. The summed E-state index contributed by atoms with van der Waals surface area (Å²) < 4.78 is 7.64. The van der Waals surface area contributed by atoms with Gasteiger partial charge in [0.05, 0.1) is 24.5 Å². The number of anilines is 1. The minimum absolute atomic E-state index is 0.201. The maximum Gasteiger partial charge on any atom is 0.260 e. The first kappa shape index (κ1) is 18.5. The summed E-state index contributed by atoms with van der Waals surface area (Å²) in [5, 5.41) is 10.2. The molecule has 0 spiro atoms. The monoisotopic (exact) mass is 406 g/mol. The number of rotatable bonds is 4. The number of carbonyl (C=O) groups is 1. The van der Waals surface area contributed by atoms with Gasteiger partial charge in [0.1, 0.15) is 16.4 Å². The van der Waals surface area contributed by atoms with Crippen molar-refractivity contribution in [3.8, 4) is 0 Å². The van der Waals surface area contributed by atoms with Crippen molar-refractivity contribution in [3.63, 3.8) is 0 Å². The van der Waals surface area contributed by atoms with Gasteiger partial charge in [0.15, 0.2) is 5.17 Å². The van der Waals surface area contributed by atoms with E-state index in [9.17, 15) is 4.79 Å². The van der Waals surface area contributed by atoms with E-state index in [1.54, 1.807) is 28.8 Å². The third kappa shape index (κ3) is 3.48. The maximum absolute atomic E-state index is 12.4. The number of thioether (sulfide) groups is 1. The molecule has 2 aromatic rings. The average molecular weight is 407 g/mol. The normalized spacial score (nSPS) is 27.7. The number of aliphatic imine (C=N–C) groups is 1. The number of ether oxygens (including phenoxy) is 1. The van der Waals surface area contributed by atoms with Crippen LogP contribution < -0.4 is 11.1 Å². The predicted octanol–water partition coefficient (Wildman–Crippen LogP) is 2.29. The lowest BCUT2D eigenvalue weighted by molar-refractivity contribution is -0.0466. The first-order valence-electron chi connectivity index (χ1n) is 8.89. The van der Waals surface area contributed by atoms with Crippen LogP contribution in [0.3, 0.4) is 0 Å². The summed E-state index contributed by atoms with van der Waals surface area (Å²) in [6, 6.07) is 0. The van der Waals surface area contributed by atoms with E-state index in [0.717, 1.165) is 17.2 Å². The molecule has 1 saturated heterocycles. The lowest BCUT2D eigenvalue weighted by Gasteiger charge is -2.44. The highest BCUT2D eigenvalue weighted by atomic mass is 32.2. The highest BCUT2D eigenvalue weighted by Crippen LogP contribution is 2.46. The zero-order valence-electron chi connectivity index (χ0n) is 15.2. The van der Waals surface area contributed by atoms with Crippen molar-refractivity contribution >= 4 is 40.0 Å². The topological polar surface area (TPSA) is 107 Å². The Morgan fingerprint density at radius 3 is 3.19 bits per heavy atom. The van der Waals surface area contributed by atoms with Crippen LogP contribution in [-0.4, -0.2) is 44.3 Å². The van der Waals surface area contributed by atoms with Gasteiger partial charge in [-0.1, -0.05) is 11.8 Å². The van der Waals surface area contributed by atoms with Crippen LogP contribution in [0.25, 0.3) is 0 Å². The molecule has 0 saturated carbocycles. The van der Waals surface area contributed by atoms with Gasteiger partial charge in [-0.15, -0.1) is 11.3 Å². The number of thiazole rings is 1. The van der Waals surface area contributed by atoms with E-state index in [2.05, 4.69) is 22.3 Å². The molecular formula is C17H22N6O2S2. The molecule has 27 heavy (non-hydrogen) atoms. The van der Waals surface area contributed by atoms with E-state index in [1.165, 1.54) is 11.3 Å². The van der Waals surface area contributed by atoms with Crippen molar-refractivity contribution in [3.05, 3.63) is 28.3 Å². The Labute approximate surface area is 165 Å². The second-order valence-corrected chi connectivity index (χ2v) is 8.71. The molecule has 3 unspecified atom stereocenters. The first-order chi connectivity index (χ1) is 13.0. The van der Waals surface area contributed by atoms with Gasteiger partial charge in [0.25, 0.3) is 5.91 Å². The molecule has 0 aromatic carbocycles. The number of hydrogen-bond donors (Lipinski definition) is 2. The van der Waals surface area contributed by atoms with Gasteiger partial charge >= 0.3 is 0 Å². The smallest absolute Gasteiger partial charge is 0.260 e. The Balaban J connectivity index is 1.57. The molecule has 4 heterocycles. The number of aryl methyl sites for hydroxylation is 1. The number of hydrogen-bond acceptors (Lipinski definition) is 8. The molecule has 1 fully saturated rings. The fourth-order valence-corrected chi connectivity index (χ4v) is 5.42. The molecule has 0 radical (unpaired) electrons. The van der Waals surface area contributed by atoms with Gasteiger partial charge < -0.3 is 15.8 Å². The van der Waals surface area contributed by atoms with Crippen molar-refractivity contribution in [1.29, 1.82) is 0 Å². The number of nitrogens with zero attached hydrogens (tertiary/aromatic N) is 4. The molecule has 2 aromatic heterocycles. The van der Waals surface area contributed by atoms with E-state index in [0.29, 0.717) is 35.6 Å². The van der Waals surface area contributed by atoms with Crippen molar-refractivity contribution in [2.24, 2.45) is 16.6 Å². The molecule has 3 atom stereocenters. The average Bonchev–Trinajstić information content (AvgIpc) is 3.31. The standard InChI is InChI=1S/C17H22N6O2S2/c1-3-23-6-11(5-19-23)14(24)20-13-8-26-15(21-13)17-9-25-10(2)4-12(17)7-27-16(18)22-17/h5-6,8,10,12H,3-4,7,9H2,1-2H3,(H2,18,22)(H,20,24). The Morgan fingerprint density at radius 2 is 2.41 bits per heavy atom. The molecule has 0 aliphatic carbocycles. The van der Waals surface area contributed by atoms with Crippen LogP contribution in [0.1, 0.15) is 35.6 Å². The Bertz CT molecular complexity index is 878. The van der Waals surface area contributed by atoms with E-state index in [-0.39, 0.29) is 12.0 Å². The highest BCUT2D eigenvalue weighted by Gasteiger charge is 2.49. The summed E-state index contributed by atoms with van der Waals surface area (Å²) in [5.74, 6) is 1.51. The molecule has 0 bridgehead atoms. The van der Waals surface area contributed by atoms with Crippen LogP contribution >= 0.6 is 23.1 Å². The number of nitrogens with one attached hydrogen (secondary N) is 1. The predicted molar refractivity (Wildman–Crippen MR) is 107 cm³/mol. The lowest BCUT2D eigenvalue weighted by Crippen LogP contribution is -2.49. The van der Waals surface area contributed by atoms with E-state index in [4.69, 9.17) is 15.5 Å². The Kier molecular flexibility index (Phi) is 4.95. The van der Waals surface area contributed by atoms with Gasteiger partial charge in [-0.25, -0.2) is 9.98 Å². The summed E-state index contributed by atoms with van der Waals surface area (Å²) in [4.78, 5) is 21.9. The van der Waals surface area contributed by atoms with Crippen LogP contribution in [0.15, 0.2) is 22.8 Å². The largest absolute Gasteiger partial charge is 0.379 e. The first-order valence-corrected chi connectivity index (χ1v) is 10.8. The highest BCUT2D eigenvalue weighted by molar-refractivity contribution is 8.13. The Morgan fingerprint density at radius 1 is 1.56 bits per heavy atom. The number of amides is 1. The quantitative estimate of drug-likeness (QED) is 0.807. The minimum Gasteiger partial charge on any atom is -0.379 e. The van der Waals surface area contributed by atoms with Crippen LogP contribution in [0.5, 0.6) is 0 Å². The molecule has 2 aliphatic heterocycles. The van der Waals surface area contributed by atoms with Crippen molar-refractivity contribution in [2.75, 3.05) is 17.7 Å². The maximum atomic E-state index is 12.4. The van der Waals surface area contributed by atoms with Crippen LogP contribution in [0.4, 0.5) is 5.82 Å². The fourth-order valence-electron chi connectivity index (χ4n) is 3.45. The SMILES string of the molecule is CCn1cc(C(=O)Nc2csc(C34COC(C)CC3CSC(N)=N4)n2)cn1. The van der Waals surface area contributed by atoms with E-state index < -0.39 is 5.54 Å². The summed E-state index contributed by atoms with van der Waals surface area (Å²) in [5.41, 5.74) is 5.99. The Hall–Kier alpha value is -1.91. The van der Waals surface area contributed by atoms with Crippen LogP contribution in [0.2, 0.25) is 0 Å².